The van der Waals surface area contributed by atoms with Crippen molar-refractivity contribution in [2.75, 3.05) is 24.7 Å². The van der Waals surface area contributed by atoms with Gasteiger partial charge < -0.3 is 14.9 Å². The fourth-order valence-corrected chi connectivity index (χ4v) is 5.58. The Balaban J connectivity index is 1.68. The first-order valence-corrected chi connectivity index (χ1v) is 12.7. The highest BCUT2D eigenvalue weighted by molar-refractivity contribution is 9.10. The van der Waals surface area contributed by atoms with Crippen LogP contribution in [0.4, 0.5) is 0 Å². The van der Waals surface area contributed by atoms with Crippen molar-refractivity contribution < 1.29 is 9.63 Å². The molecule has 30 heavy (non-hydrogen) atoms. The maximum Gasteiger partial charge on any atom is 0.173 e. The van der Waals surface area contributed by atoms with Crippen molar-refractivity contribution in [3.8, 4) is 0 Å². The largest absolute Gasteiger partial charge is 0.396 e. The molecule has 0 spiro atoms. The molecule has 1 aliphatic carbocycles. The number of tetrazole rings is 1. The van der Waals surface area contributed by atoms with Gasteiger partial charge in [-0.15, -0.1) is 5.10 Å². The predicted molar refractivity (Wildman–Crippen MR) is 119 cm³/mol. The van der Waals surface area contributed by atoms with E-state index in [-0.39, 0.29) is 24.0 Å². The molecule has 8 nitrogen and oxygen atoms in total. The molecule has 1 aliphatic heterocycles. The highest BCUT2D eigenvalue weighted by atomic mass is 79.9. The Kier molecular flexibility index (Phi) is 6.86. The fraction of sp³-hybridized carbons (Fsp3) is 0.800. The molecule has 166 valence electrons. The summed E-state index contributed by atoms with van der Waals surface area (Å²) in [4.78, 5) is 0. The number of hydrogen-bond donors (Lipinski definition) is 2. The first kappa shape index (κ1) is 22.2. The number of aliphatic hydroxyl groups excluding tert-OH is 1. The summed E-state index contributed by atoms with van der Waals surface area (Å²) >= 11 is 5.60. The first-order chi connectivity index (χ1) is 14.4. The number of thioether (sulfide) groups is 1. The molecule has 2 aliphatic rings. The summed E-state index contributed by atoms with van der Waals surface area (Å²) in [6.07, 6.45) is 4.37. The van der Waals surface area contributed by atoms with Crippen LogP contribution in [-0.4, -0.2) is 55.1 Å². The third kappa shape index (κ3) is 4.76. The van der Waals surface area contributed by atoms with Crippen LogP contribution in [0, 0.1) is 11.3 Å². The zero-order valence-electron chi connectivity index (χ0n) is 17.8. The van der Waals surface area contributed by atoms with Crippen molar-refractivity contribution in [2.24, 2.45) is 11.3 Å². The van der Waals surface area contributed by atoms with Crippen molar-refractivity contribution in [2.45, 2.75) is 64.5 Å². The molecule has 10 heteroatoms. The summed E-state index contributed by atoms with van der Waals surface area (Å²) < 4.78 is 8.42. The molecule has 2 fully saturated rings. The van der Waals surface area contributed by atoms with E-state index in [9.17, 15) is 5.11 Å². The van der Waals surface area contributed by atoms with Gasteiger partial charge >= 0.3 is 0 Å². The van der Waals surface area contributed by atoms with Gasteiger partial charge in [0.05, 0.1) is 11.6 Å². The van der Waals surface area contributed by atoms with Gasteiger partial charge in [-0.3, -0.25) is 0 Å². The number of aliphatic hydroxyl groups is 1. The molecule has 0 bridgehead atoms. The lowest BCUT2D eigenvalue weighted by Crippen LogP contribution is -2.38. The Morgan fingerprint density at radius 1 is 1.27 bits per heavy atom. The molecule has 2 N–H and O–H groups in total. The van der Waals surface area contributed by atoms with E-state index in [0.29, 0.717) is 23.1 Å². The molecule has 0 radical (unpaired) electrons. The minimum atomic E-state index is -0.248. The molecule has 2 aromatic rings. The number of aromatic nitrogens is 5. The van der Waals surface area contributed by atoms with Crippen LogP contribution in [0.25, 0.3) is 0 Å². The molecule has 0 amide bonds. The highest BCUT2D eigenvalue weighted by Crippen LogP contribution is 2.46. The van der Waals surface area contributed by atoms with Crippen LogP contribution in [0.2, 0.25) is 0 Å². The molecule has 2 aromatic heterocycles. The second-order valence-electron chi connectivity index (χ2n) is 9.44. The van der Waals surface area contributed by atoms with Gasteiger partial charge in [0.2, 0.25) is 0 Å². The van der Waals surface area contributed by atoms with E-state index >= 15 is 0 Å². The van der Waals surface area contributed by atoms with Crippen LogP contribution in [0.15, 0.2) is 9.13 Å². The number of halogens is 1. The second-order valence-corrected chi connectivity index (χ2v) is 11.4. The number of rotatable bonds is 8. The van der Waals surface area contributed by atoms with Gasteiger partial charge in [-0.25, -0.2) is 4.68 Å². The Labute approximate surface area is 190 Å². The lowest BCUT2D eigenvalue weighted by atomic mass is 9.81. The maximum atomic E-state index is 9.97. The van der Waals surface area contributed by atoms with E-state index in [2.05, 4.69) is 62.7 Å². The van der Waals surface area contributed by atoms with Gasteiger partial charge in [-0.2, -0.15) is 11.8 Å². The van der Waals surface area contributed by atoms with Crippen molar-refractivity contribution in [1.82, 2.24) is 30.7 Å². The van der Waals surface area contributed by atoms with E-state index in [1.54, 1.807) is 0 Å². The van der Waals surface area contributed by atoms with Crippen molar-refractivity contribution >= 4 is 27.7 Å². The quantitative estimate of drug-likeness (QED) is 0.567. The highest BCUT2D eigenvalue weighted by Gasteiger charge is 2.38. The summed E-state index contributed by atoms with van der Waals surface area (Å²) in [5.74, 6) is 4.48. The zero-order chi connectivity index (χ0) is 21.3. The van der Waals surface area contributed by atoms with Crippen molar-refractivity contribution in [3.63, 3.8) is 0 Å². The normalized spacial score (nSPS) is 20.4. The Morgan fingerprint density at radius 2 is 2.00 bits per heavy atom. The van der Waals surface area contributed by atoms with Crippen LogP contribution in [-0.2, 0) is 0 Å². The predicted octanol–water partition coefficient (Wildman–Crippen LogP) is 3.70. The molecule has 2 unspecified atom stereocenters. The molecule has 0 aromatic carbocycles. The zero-order valence-corrected chi connectivity index (χ0v) is 20.2. The topological polar surface area (TPSA) is 102 Å². The van der Waals surface area contributed by atoms with Crippen LogP contribution >= 0.6 is 27.7 Å². The summed E-state index contributed by atoms with van der Waals surface area (Å²) in [6, 6.07) is 0.0574. The smallest absolute Gasteiger partial charge is 0.173 e. The fourth-order valence-electron chi connectivity index (χ4n) is 4.00. The molecular formula is C20H31BrN6O2S. The maximum absolute atomic E-state index is 9.97. The summed E-state index contributed by atoms with van der Waals surface area (Å²) in [6.45, 7) is 7.21. The SMILES string of the molecule is CC(C)(C)C(CO)CNC(c1c(Br)noc1C1CC1)c1nnnn1C1CCSCC1. The Morgan fingerprint density at radius 3 is 2.63 bits per heavy atom. The summed E-state index contributed by atoms with van der Waals surface area (Å²) in [5, 5.41) is 30.7. The van der Waals surface area contributed by atoms with Crippen LogP contribution in [0.1, 0.15) is 81.6 Å². The van der Waals surface area contributed by atoms with E-state index in [4.69, 9.17) is 4.52 Å². The third-order valence-corrected chi connectivity index (χ3v) is 7.90. The summed E-state index contributed by atoms with van der Waals surface area (Å²) in [7, 11) is 0. The Bertz CT molecular complexity index is 841. The molecular weight excluding hydrogens is 468 g/mol. The molecule has 3 heterocycles. The van der Waals surface area contributed by atoms with E-state index in [0.717, 1.165) is 54.3 Å². The number of nitrogens with zero attached hydrogens (tertiary/aromatic N) is 5. The van der Waals surface area contributed by atoms with E-state index in [1.165, 1.54) is 0 Å². The van der Waals surface area contributed by atoms with E-state index in [1.807, 2.05) is 16.4 Å². The molecule has 4 rings (SSSR count). The minimum Gasteiger partial charge on any atom is -0.396 e. The van der Waals surface area contributed by atoms with E-state index < -0.39 is 0 Å². The van der Waals surface area contributed by atoms with Gasteiger partial charge in [0.1, 0.15) is 11.8 Å². The van der Waals surface area contributed by atoms with Gasteiger partial charge in [-0.1, -0.05) is 25.9 Å². The van der Waals surface area contributed by atoms with Crippen molar-refractivity contribution in [3.05, 3.63) is 21.8 Å². The average molecular weight is 499 g/mol. The first-order valence-electron chi connectivity index (χ1n) is 10.7. The average Bonchev–Trinajstić information content (AvgIpc) is 3.32. The standard InChI is InChI=1S/C20H31BrN6O2S/c1-20(2,3)13(11-28)10-22-16(15-17(12-4-5-12)29-24-18(15)21)19-23-25-26-27(19)14-6-8-30-9-7-14/h12-14,16,22,28H,4-11H2,1-3H3. The monoisotopic (exact) mass is 498 g/mol. The molecule has 2 atom stereocenters. The molecule has 1 saturated heterocycles. The van der Waals surface area contributed by atoms with Gasteiger partial charge in [0.25, 0.3) is 0 Å². The van der Waals surface area contributed by atoms with Gasteiger partial charge in [0.15, 0.2) is 10.4 Å². The lowest BCUT2D eigenvalue weighted by molar-refractivity contribution is 0.127. The number of nitrogens with one attached hydrogen (secondary N) is 1. The minimum absolute atomic E-state index is 0.0238. The van der Waals surface area contributed by atoms with Crippen LogP contribution in [0.5, 0.6) is 0 Å². The Hall–Kier alpha value is -0.970. The van der Waals surface area contributed by atoms with Crippen LogP contribution in [0.3, 0.4) is 0 Å². The summed E-state index contributed by atoms with van der Waals surface area (Å²) in [5.41, 5.74) is 0.966. The van der Waals surface area contributed by atoms with Crippen LogP contribution < -0.4 is 5.32 Å². The van der Waals surface area contributed by atoms with Gasteiger partial charge in [0, 0.05) is 19.1 Å². The number of hydrogen-bond acceptors (Lipinski definition) is 8. The lowest BCUT2D eigenvalue weighted by Gasteiger charge is -2.31. The second kappa shape index (κ2) is 9.26. The van der Waals surface area contributed by atoms with Gasteiger partial charge in [-0.05, 0) is 74.9 Å². The van der Waals surface area contributed by atoms with Crippen molar-refractivity contribution in [1.29, 1.82) is 0 Å². The third-order valence-electron chi connectivity index (χ3n) is 6.28. The molecule has 1 saturated carbocycles.